The summed E-state index contributed by atoms with van der Waals surface area (Å²) in [5.41, 5.74) is 7.00. The molecule has 0 saturated carbocycles. The Bertz CT molecular complexity index is 908. The van der Waals surface area contributed by atoms with E-state index in [0.29, 0.717) is 22.6 Å². The molecule has 0 radical (unpaired) electrons. The fourth-order valence-corrected chi connectivity index (χ4v) is 2.56. The van der Waals surface area contributed by atoms with Gasteiger partial charge in [-0.25, -0.2) is 0 Å². The van der Waals surface area contributed by atoms with Gasteiger partial charge in [0.25, 0.3) is 11.8 Å². The summed E-state index contributed by atoms with van der Waals surface area (Å²) in [4.78, 5) is 27.7. The minimum atomic E-state index is -0.453. The molecule has 0 aliphatic carbocycles. The maximum Gasteiger partial charge on any atom is 0.275 e. The van der Waals surface area contributed by atoms with Gasteiger partial charge in [0.05, 0.1) is 11.3 Å². The standard InChI is InChI=1S/C17H18N4O3/c1-9(2)15-14(10(3)21-24-15)17(23)20-19-16(22)12-8-18-13-7-5-4-6-11(12)13/h4-9,18H,1-3H3,(H,19,22)(H,20,23). The summed E-state index contributed by atoms with van der Waals surface area (Å²) in [5.74, 6) is -0.353. The molecule has 0 fully saturated rings. The number of aromatic amines is 1. The molecule has 1 aromatic carbocycles. The molecule has 0 bridgehead atoms. The van der Waals surface area contributed by atoms with E-state index in [1.807, 2.05) is 38.1 Å². The van der Waals surface area contributed by atoms with Crippen LogP contribution in [-0.2, 0) is 0 Å². The van der Waals surface area contributed by atoms with Crippen LogP contribution in [0.5, 0.6) is 0 Å². The van der Waals surface area contributed by atoms with Crippen LogP contribution in [0.3, 0.4) is 0 Å². The highest BCUT2D eigenvalue weighted by atomic mass is 16.5. The van der Waals surface area contributed by atoms with Crippen molar-refractivity contribution in [3.8, 4) is 0 Å². The molecular formula is C17H18N4O3. The van der Waals surface area contributed by atoms with E-state index in [1.165, 1.54) is 0 Å². The van der Waals surface area contributed by atoms with E-state index >= 15 is 0 Å². The molecule has 2 amide bonds. The Kier molecular flexibility index (Phi) is 4.07. The third kappa shape index (κ3) is 2.76. The van der Waals surface area contributed by atoms with Gasteiger partial charge in [0, 0.05) is 23.0 Å². The van der Waals surface area contributed by atoms with Crippen molar-refractivity contribution in [1.82, 2.24) is 21.0 Å². The van der Waals surface area contributed by atoms with Crippen molar-refractivity contribution in [3.05, 3.63) is 53.0 Å². The maximum absolute atomic E-state index is 12.4. The number of fused-ring (bicyclic) bond motifs is 1. The molecule has 0 aliphatic heterocycles. The van der Waals surface area contributed by atoms with Crippen molar-refractivity contribution < 1.29 is 14.1 Å². The molecule has 7 nitrogen and oxygen atoms in total. The number of nitrogens with zero attached hydrogens (tertiary/aromatic N) is 1. The lowest BCUT2D eigenvalue weighted by Gasteiger charge is -2.08. The van der Waals surface area contributed by atoms with Crippen molar-refractivity contribution >= 4 is 22.7 Å². The number of aromatic nitrogens is 2. The maximum atomic E-state index is 12.4. The highest BCUT2D eigenvalue weighted by molar-refractivity contribution is 6.07. The lowest BCUT2D eigenvalue weighted by Crippen LogP contribution is -2.42. The molecule has 7 heteroatoms. The number of rotatable bonds is 3. The van der Waals surface area contributed by atoms with E-state index in [2.05, 4.69) is 21.0 Å². The predicted octanol–water partition coefficient (Wildman–Crippen LogP) is 2.66. The topological polar surface area (TPSA) is 100 Å². The highest BCUT2D eigenvalue weighted by Crippen LogP contribution is 2.22. The number of hydrogen-bond donors (Lipinski definition) is 3. The summed E-state index contributed by atoms with van der Waals surface area (Å²) in [7, 11) is 0. The van der Waals surface area contributed by atoms with Crippen LogP contribution in [0.4, 0.5) is 0 Å². The second-order valence-electron chi connectivity index (χ2n) is 5.82. The predicted molar refractivity (Wildman–Crippen MR) is 88.6 cm³/mol. The molecule has 2 aromatic heterocycles. The summed E-state index contributed by atoms with van der Waals surface area (Å²) >= 11 is 0. The average Bonchev–Trinajstić information content (AvgIpc) is 3.16. The van der Waals surface area contributed by atoms with Crippen molar-refractivity contribution in [2.75, 3.05) is 0 Å². The van der Waals surface area contributed by atoms with E-state index in [4.69, 9.17) is 4.52 Å². The fourth-order valence-electron chi connectivity index (χ4n) is 2.56. The van der Waals surface area contributed by atoms with E-state index in [1.54, 1.807) is 13.1 Å². The van der Waals surface area contributed by atoms with Crippen LogP contribution >= 0.6 is 0 Å². The summed E-state index contributed by atoms with van der Waals surface area (Å²) < 4.78 is 5.19. The molecule has 0 atom stereocenters. The Hall–Kier alpha value is -3.09. The van der Waals surface area contributed by atoms with E-state index in [9.17, 15) is 9.59 Å². The molecule has 3 aromatic rings. The highest BCUT2D eigenvalue weighted by Gasteiger charge is 2.23. The van der Waals surface area contributed by atoms with Crippen molar-refractivity contribution in [2.24, 2.45) is 0 Å². The average molecular weight is 326 g/mol. The van der Waals surface area contributed by atoms with Gasteiger partial charge in [-0.3, -0.25) is 20.4 Å². The first kappa shape index (κ1) is 15.8. The first-order chi connectivity index (χ1) is 11.5. The number of hydrazine groups is 1. The van der Waals surface area contributed by atoms with Gasteiger partial charge in [-0.15, -0.1) is 0 Å². The van der Waals surface area contributed by atoms with Gasteiger partial charge < -0.3 is 9.51 Å². The molecule has 3 N–H and O–H groups in total. The van der Waals surface area contributed by atoms with Crippen LogP contribution < -0.4 is 10.9 Å². The Morgan fingerprint density at radius 3 is 2.62 bits per heavy atom. The molecule has 0 spiro atoms. The third-order valence-corrected chi connectivity index (χ3v) is 3.76. The van der Waals surface area contributed by atoms with Gasteiger partial charge >= 0.3 is 0 Å². The van der Waals surface area contributed by atoms with E-state index < -0.39 is 11.8 Å². The molecular weight excluding hydrogens is 308 g/mol. The SMILES string of the molecule is Cc1noc(C(C)C)c1C(=O)NNC(=O)c1c[nH]c2ccccc12. The monoisotopic (exact) mass is 326 g/mol. The Labute approximate surface area is 138 Å². The Morgan fingerprint density at radius 1 is 1.17 bits per heavy atom. The number of carbonyl (C=O) groups is 2. The van der Waals surface area contributed by atoms with Gasteiger partial charge in [-0.2, -0.15) is 0 Å². The van der Waals surface area contributed by atoms with Crippen LogP contribution in [-0.4, -0.2) is 22.0 Å². The smallest absolute Gasteiger partial charge is 0.275 e. The van der Waals surface area contributed by atoms with Crippen LogP contribution in [0.2, 0.25) is 0 Å². The van der Waals surface area contributed by atoms with Crippen LogP contribution in [0.25, 0.3) is 10.9 Å². The van der Waals surface area contributed by atoms with Gasteiger partial charge in [-0.05, 0) is 13.0 Å². The van der Waals surface area contributed by atoms with Crippen molar-refractivity contribution in [1.29, 1.82) is 0 Å². The minimum absolute atomic E-state index is 0.0104. The normalized spacial score (nSPS) is 11.0. The lowest BCUT2D eigenvalue weighted by atomic mass is 10.0. The Balaban J connectivity index is 1.75. The van der Waals surface area contributed by atoms with Crippen LogP contribution in [0, 0.1) is 6.92 Å². The summed E-state index contributed by atoms with van der Waals surface area (Å²) in [6.07, 6.45) is 1.61. The molecule has 3 rings (SSSR count). The number of carbonyl (C=O) groups excluding carboxylic acids is 2. The van der Waals surface area contributed by atoms with Gasteiger partial charge in [0.1, 0.15) is 5.56 Å². The largest absolute Gasteiger partial charge is 0.360 e. The number of hydrogen-bond acceptors (Lipinski definition) is 4. The van der Waals surface area contributed by atoms with Crippen LogP contribution in [0.1, 0.15) is 51.9 Å². The quantitative estimate of drug-likeness (QED) is 0.644. The molecule has 124 valence electrons. The number of H-pyrrole nitrogens is 1. The number of aryl methyl sites for hydroxylation is 1. The molecule has 0 saturated heterocycles. The van der Waals surface area contributed by atoms with E-state index in [-0.39, 0.29) is 5.92 Å². The Morgan fingerprint density at radius 2 is 1.88 bits per heavy atom. The van der Waals surface area contributed by atoms with Crippen molar-refractivity contribution in [3.63, 3.8) is 0 Å². The molecule has 0 unspecified atom stereocenters. The second kappa shape index (κ2) is 6.19. The zero-order valence-electron chi connectivity index (χ0n) is 13.6. The number of amides is 2. The number of para-hydroxylation sites is 1. The summed E-state index contributed by atoms with van der Waals surface area (Å²) in [6.45, 7) is 5.49. The minimum Gasteiger partial charge on any atom is -0.360 e. The van der Waals surface area contributed by atoms with Gasteiger partial charge in [-0.1, -0.05) is 37.2 Å². The third-order valence-electron chi connectivity index (χ3n) is 3.76. The van der Waals surface area contributed by atoms with Gasteiger partial charge in [0.2, 0.25) is 0 Å². The fraction of sp³-hybridized carbons (Fsp3) is 0.235. The molecule has 24 heavy (non-hydrogen) atoms. The van der Waals surface area contributed by atoms with Gasteiger partial charge in [0.15, 0.2) is 5.76 Å². The first-order valence-corrected chi connectivity index (χ1v) is 7.62. The zero-order chi connectivity index (χ0) is 17.3. The zero-order valence-corrected chi connectivity index (χ0v) is 13.6. The number of benzene rings is 1. The molecule has 2 heterocycles. The van der Waals surface area contributed by atoms with Crippen LogP contribution in [0.15, 0.2) is 35.0 Å². The molecule has 0 aliphatic rings. The van der Waals surface area contributed by atoms with Crippen molar-refractivity contribution in [2.45, 2.75) is 26.7 Å². The summed E-state index contributed by atoms with van der Waals surface area (Å²) in [6, 6.07) is 7.44. The summed E-state index contributed by atoms with van der Waals surface area (Å²) in [5, 5.41) is 4.61. The van der Waals surface area contributed by atoms with E-state index in [0.717, 1.165) is 10.9 Å². The lowest BCUT2D eigenvalue weighted by molar-refractivity contribution is 0.0845. The second-order valence-corrected chi connectivity index (χ2v) is 5.82. The number of nitrogens with one attached hydrogen (secondary N) is 3. The first-order valence-electron chi connectivity index (χ1n) is 7.62.